The van der Waals surface area contributed by atoms with E-state index in [1.54, 1.807) is 41.5 Å². The molecular weight excluding hydrogens is 457 g/mol. The van der Waals surface area contributed by atoms with E-state index in [9.17, 15) is 8.42 Å². The molecule has 0 atom stereocenters. The Morgan fingerprint density at radius 3 is 2.48 bits per heavy atom. The number of rotatable bonds is 6. The summed E-state index contributed by atoms with van der Waals surface area (Å²) in [6.07, 6.45) is 3.08. The van der Waals surface area contributed by atoms with Gasteiger partial charge in [-0.05, 0) is 43.7 Å². The second-order valence-electron chi connectivity index (χ2n) is 7.03. The molecular formula is C21H19Cl2N5O2S. The fourth-order valence-electron chi connectivity index (χ4n) is 3.37. The van der Waals surface area contributed by atoms with Crippen molar-refractivity contribution in [2.45, 2.75) is 25.3 Å². The molecule has 0 unspecified atom stereocenters. The van der Waals surface area contributed by atoms with Crippen LogP contribution in [0.5, 0.6) is 0 Å². The highest BCUT2D eigenvalue weighted by Gasteiger charge is 2.25. The molecule has 0 bridgehead atoms. The first kappa shape index (κ1) is 21.4. The lowest BCUT2D eigenvalue weighted by Gasteiger charge is -2.08. The molecule has 10 heteroatoms. The van der Waals surface area contributed by atoms with Gasteiger partial charge in [-0.3, -0.25) is 9.40 Å². The summed E-state index contributed by atoms with van der Waals surface area (Å²) in [6, 6.07) is 14.7. The van der Waals surface area contributed by atoms with Gasteiger partial charge in [0, 0.05) is 6.20 Å². The van der Waals surface area contributed by atoms with E-state index < -0.39 is 10.0 Å². The number of hydrogen-bond donors (Lipinski definition) is 1. The molecule has 0 amide bonds. The number of sulfonamides is 1. The number of benzene rings is 2. The van der Waals surface area contributed by atoms with E-state index in [0.717, 1.165) is 11.3 Å². The highest BCUT2D eigenvalue weighted by Crippen LogP contribution is 2.26. The fourth-order valence-corrected chi connectivity index (χ4v) is 5.12. The van der Waals surface area contributed by atoms with Gasteiger partial charge in [-0.15, -0.1) is 0 Å². The summed E-state index contributed by atoms with van der Waals surface area (Å²) >= 11 is 12.0. The Balaban J connectivity index is 1.57. The highest BCUT2D eigenvalue weighted by molar-refractivity contribution is 7.92. The van der Waals surface area contributed by atoms with Crippen LogP contribution in [0.25, 0.3) is 5.69 Å². The number of anilines is 1. The summed E-state index contributed by atoms with van der Waals surface area (Å²) in [5.74, 6) is 0. The molecule has 0 spiro atoms. The quantitative estimate of drug-likeness (QED) is 0.432. The third kappa shape index (κ3) is 4.46. The molecule has 2 heterocycles. The van der Waals surface area contributed by atoms with Crippen molar-refractivity contribution in [3.05, 3.63) is 87.9 Å². The maximum absolute atomic E-state index is 13.1. The summed E-state index contributed by atoms with van der Waals surface area (Å²) in [5.41, 5.74) is 2.98. The van der Waals surface area contributed by atoms with E-state index >= 15 is 0 Å². The topological polar surface area (TPSA) is 81.8 Å². The monoisotopic (exact) mass is 475 g/mol. The molecule has 7 nitrogen and oxygen atoms in total. The third-order valence-corrected chi connectivity index (χ3v) is 7.08. The Morgan fingerprint density at radius 2 is 1.77 bits per heavy atom. The number of hydrogen-bond acceptors (Lipinski definition) is 4. The van der Waals surface area contributed by atoms with Crippen LogP contribution in [-0.4, -0.2) is 28.0 Å². The Hall–Kier alpha value is -2.81. The molecule has 160 valence electrons. The van der Waals surface area contributed by atoms with Crippen molar-refractivity contribution < 1.29 is 8.42 Å². The smallest absolute Gasteiger partial charge is 0.265 e. The lowest BCUT2D eigenvalue weighted by Crippen LogP contribution is -2.14. The Morgan fingerprint density at radius 1 is 1.03 bits per heavy atom. The molecule has 2 aromatic heterocycles. The summed E-state index contributed by atoms with van der Waals surface area (Å²) in [6.45, 7) is 3.83. The second kappa shape index (κ2) is 8.37. The summed E-state index contributed by atoms with van der Waals surface area (Å²) < 4.78 is 32.0. The largest absolute Gasteiger partial charge is 0.276 e. The van der Waals surface area contributed by atoms with Crippen molar-refractivity contribution >= 4 is 38.9 Å². The molecule has 2 aromatic carbocycles. The average Bonchev–Trinajstić information content (AvgIpc) is 3.28. The van der Waals surface area contributed by atoms with Crippen molar-refractivity contribution in [1.29, 1.82) is 0 Å². The first-order chi connectivity index (χ1) is 14.7. The zero-order valence-electron chi connectivity index (χ0n) is 16.8. The van der Waals surface area contributed by atoms with Crippen LogP contribution in [0.4, 0.5) is 5.69 Å². The Labute approximate surface area is 190 Å². The average molecular weight is 476 g/mol. The van der Waals surface area contributed by atoms with Crippen molar-refractivity contribution in [1.82, 2.24) is 19.6 Å². The number of aromatic nitrogens is 4. The first-order valence-corrected chi connectivity index (χ1v) is 11.6. The van der Waals surface area contributed by atoms with Crippen LogP contribution < -0.4 is 4.72 Å². The molecule has 1 N–H and O–H groups in total. The van der Waals surface area contributed by atoms with Crippen molar-refractivity contribution in [3.8, 4) is 5.69 Å². The van der Waals surface area contributed by atoms with Crippen LogP contribution >= 0.6 is 23.2 Å². The number of para-hydroxylation sites is 1. The minimum absolute atomic E-state index is 0.147. The maximum Gasteiger partial charge on any atom is 0.265 e. The summed E-state index contributed by atoms with van der Waals surface area (Å²) in [5, 5.41) is 9.58. The van der Waals surface area contributed by atoms with Gasteiger partial charge in [0.1, 0.15) is 4.90 Å². The van der Waals surface area contributed by atoms with Gasteiger partial charge in [0.25, 0.3) is 10.0 Å². The van der Waals surface area contributed by atoms with Gasteiger partial charge in [0.05, 0.1) is 45.5 Å². The minimum Gasteiger partial charge on any atom is -0.276 e. The van der Waals surface area contributed by atoms with Gasteiger partial charge in [0.15, 0.2) is 0 Å². The third-order valence-electron chi connectivity index (χ3n) is 4.71. The summed E-state index contributed by atoms with van der Waals surface area (Å²) in [7, 11) is -3.86. The predicted molar refractivity (Wildman–Crippen MR) is 122 cm³/mol. The highest BCUT2D eigenvalue weighted by atomic mass is 35.5. The van der Waals surface area contributed by atoms with E-state index in [1.165, 1.54) is 6.20 Å². The van der Waals surface area contributed by atoms with E-state index in [0.29, 0.717) is 33.7 Å². The molecule has 0 aliphatic heterocycles. The van der Waals surface area contributed by atoms with Crippen molar-refractivity contribution in [2.75, 3.05) is 4.72 Å². The van der Waals surface area contributed by atoms with Gasteiger partial charge < -0.3 is 0 Å². The molecule has 0 fully saturated rings. The van der Waals surface area contributed by atoms with E-state index in [2.05, 4.69) is 14.9 Å². The zero-order valence-corrected chi connectivity index (χ0v) is 19.1. The SMILES string of the molecule is Cc1nn(-c2ccccc2)c(C)c1S(=O)(=O)Nc1cnn(Cc2ccc(Cl)c(Cl)c2)c1. The number of nitrogens with one attached hydrogen (secondary N) is 1. The standard InChI is InChI=1S/C21H19Cl2N5O2S/c1-14-21(15(2)28(25-14)18-6-4-3-5-7-18)31(29,30)26-17-11-24-27(13-17)12-16-8-9-19(22)20(23)10-16/h3-11,13,26H,12H2,1-2H3. The molecule has 31 heavy (non-hydrogen) atoms. The summed E-state index contributed by atoms with van der Waals surface area (Å²) in [4.78, 5) is 0.147. The minimum atomic E-state index is -3.86. The van der Waals surface area contributed by atoms with Gasteiger partial charge >= 0.3 is 0 Å². The lowest BCUT2D eigenvalue weighted by molar-refractivity contribution is 0.600. The Kier molecular flexibility index (Phi) is 5.79. The molecule has 0 radical (unpaired) electrons. The first-order valence-electron chi connectivity index (χ1n) is 9.35. The molecule has 4 aromatic rings. The number of aryl methyl sites for hydroxylation is 1. The molecule has 0 saturated heterocycles. The van der Waals surface area contributed by atoms with Gasteiger partial charge in [-0.2, -0.15) is 10.2 Å². The molecule has 0 saturated carbocycles. The van der Waals surface area contributed by atoms with Crippen LogP contribution in [0.2, 0.25) is 10.0 Å². The number of halogens is 2. The Bertz CT molecular complexity index is 1350. The predicted octanol–water partition coefficient (Wildman–Crippen LogP) is 4.84. The second-order valence-corrected chi connectivity index (χ2v) is 9.46. The van der Waals surface area contributed by atoms with Crippen LogP contribution in [-0.2, 0) is 16.6 Å². The van der Waals surface area contributed by atoms with Crippen LogP contribution in [0, 0.1) is 13.8 Å². The molecule has 4 rings (SSSR count). The van der Waals surface area contributed by atoms with Gasteiger partial charge in [0.2, 0.25) is 0 Å². The van der Waals surface area contributed by atoms with E-state index in [-0.39, 0.29) is 4.90 Å². The van der Waals surface area contributed by atoms with E-state index in [1.807, 2.05) is 36.4 Å². The maximum atomic E-state index is 13.1. The van der Waals surface area contributed by atoms with Crippen LogP contribution in [0.15, 0.2) is 65.8 Å². The van der Waals surface area contributed by atoms with Gasteiger partial charge in [-0.25, -0.2) is 13.1 Å². The van der Waals surface area contributed by atoms with Gasteiger partial charge in [-0.1, -0.05) is 47.5 Å². The molecule has 0 aliphatic carbocycles. The van der Waals surface area contributed by atoms with Crippen molar-refractivity contribution in [3.63, 3.8) is 0 Å². The normalized spacial score (nSPS) is 11.6. The fraction of sp³-hybridized carbons (Fsp3) is 0.143. The van der Waals surface area contributed by atoms with Crippen LogP contribution in [0.1, 0.15) is 17.0 Å². The lowest BCUT2D eigenvalue weighted by atomic mass is 10.2. The van der Waals surface area contributed by atoms with Crippen molar-refractivity contribution in [2.24, 2.45) is 0 Å². The number of nitrogens with zero attached hydrogens (tertiary/aromatic N) is 4. The zero-order chi connectivity index (χ0) is 22.2. The van der Waals surface area contributed by atoms with E-state index in [4.69, 9.17) is 23.2 Å². The van der Waals surface area contributed by atoms with Crippen LogP contribution in [0.3, 0.4) is 0 Å². The molecule has 0 aliphatic rings.